The summed E-state index contributed by atoms with van der Waals surface area (Å²) in [5.74, 6) is 1.83. The van der Waals surface area contributed by atoms with Crippen molar-refractivity contribution in [1.82, 2.24) is 14.9 Å². The SMILES string of the molecule is COc1ccc(-c2n[nH]c(=S)n2/N=C/c2ccccc2O)cc1OC. The van der Waals surface area contributed by atoms with Crippen molar-refractivity contribution in [3.63, 3.8) is 0 Å². The molecule has 3 rings (SSSR count). The lowest BCUT2D eigenvalue weighted by atomic mass is 10.2. The summed E-state index contributed by atoms with van der Waals surface area (Å²) in [5, 5.41) is 21.1. The van der Waals surface area contributed by atoms with Gasteiger partial charge in [-0.05, 0) is 42.5 Å². The minimum absolute atomic E-state index is 0.133. The monoisotopic (exact) mass is 356 g/mol. The van der Waals surface area contributed by atoms with Crippen molar-refractivity contribution in [2.45, 2.75) is 0 Å². The minimum Gasteiger partial charge on any atom is -0.507 e. The van der Waals surface area contributed by atoms with Crippen molar-refractivity contribution in [3.05, 3.63) is 52.8 Å². The largest absolute Gasteiger partial charge is 0.507 e. The first-order valence-electron chi connectivity index (χ1n) is 7.36. The number of hydrogen-bond acceptors (Lipinski definition) is 6. The van der Waals surface area contributed by atoms with Gasteiger partial charge in [0.05, 0.1) is 20.4 Å². The molecule has 0 atom stereocenters. The highest BCUT2D eigenvalue weighted by Gasteiger charge is 2.12. The minimum atomic E-state index is 0.133. The third kappa shape index (κ3) is 3.38. The van der Waals surface area contributed by atoms with Crippen LogP contribution >= 0.6 is 12.2 Å². The summed E-state index contributed by atoms with van der Waals surface area (Å²) >= 11 is 5.24. The van der Waals surface area contributed by atoms with E-state index in [1.165, 1.54) is 10.9 Å². The van der Waals surface area contributed by atoms with Crippen LogP contribution in [0.5, 0.6) is 17.2 Å². The van der Waals surface area contributed by atoms with Crippen molar-refractivity contribution in [3.8, 4) is 28.6 Å². The molecule has 1 aromatic heterocycles. The summed E-state index contributed by atoms with van der Waals surface area (Å²) in [5.41, 5.74) is 1.32. The second kappa shape index (κ2) is 7.18. The van der Waals surface area contributed by atoms with E-state index in [1.54, 1.807) is 44.6 Å². The summed E-state index contributed by atoms with van der Waals surface area (Å²) in [4.78, 5) is 0. The molecule has 0 spiro atoms. The molecule has 2 aromatic carbocycles. The van der Waals surface area contributed by atoms with Crippen molar-refractivity contribution in [2.24, 2.45) is 5.10 Å². The lowest BCUT2D eigenvalue weighted by molar-refractivity contribution is 0.355. The first-order chi connectivity index (χ1) is 12.1. The lowest BCUT2D eigenvalue weighted by Crippen LogP contribution is -1.96. The number of hydrogen-bond donors (Lipinski definition) is 2. The maximum Gasteiger partial charge on any atom is 0.216 e. The maximum absolute atomic E-state index is 9.84. The molecule has 0 aliphatic rings. The number of aromatic hydroxyl groups is 1. The van der Waals surface area contributed by atoms with E-state index in [-0.39, 0.29) is 5.75 Å². The van der Waals surface area contributed by atoms with Gasteiger partial charge in [-0.3, -0.25) is 0 Å². The van der Waals surface area contributed by atoms with Gasteiger partial charge in [0, 0.05) is 11.1 Å². The smallest absolute Gasteiger partial charge is 0.216 e. The van der Waals surface area contributed by atoms with Crippen molar-refractivity contribution < 1.29 is 14.6 Å². The summed E-state index contributed by atoms with van der Waals surface area (Å²) < 4.78 is 12.4. The van der Waals surface area contributed by atoms with Crippen LogP contribution in [0.3, 0.4) is 0 Å². The van der Waals surface area contributed by atoms with Crippen LogP contribution in [0.25, 0.3) is 11.4 Å². The van der Waals surface area contributed by atoms with E-state index in [1.807, 2.05) is 12.1 Å². The molecule has 8 heteroatoms. The molecule has 25 heavy (non-hydrogen) atoms. The topological polar surface area (TPSA) is 84.7 Å². The van der Waals surface area contributed by atoms with Gasteiger partial charge in [0.1, 0.15) is 5.75 Å². The second-order valence-corrected chi connectivity index (χ2v) is 5.42. The number of rotatable bonds is 5. The van der Waals surface area contributed by atoms with Gasteiger partial charge in [0.2, 0.25) is 4.77 Å². The van der Waals surface area contributed by atoms with Crippen molar-refractivity contribution >= 4 is 18.4 Å². The average Bonchev–Trinajstić information content (AvgIpc) is 3.01. The summed E-state index contributed by atoms with van der Waals surface area (Å²) in [6.07, 6.45) is 1.52. The highest BCUT2D eigenvalue weighted by Crippen LogP contribution is 2.31. The van der Waals surface area contributed by atoms with E-state index in [4.69, 9.17) is 21.7 Å². The Labute approximate surface area is 149 Å². The summed E-state index contributed by atoms with van der Waals surface area (Å²) in [7, 11) is 3.14. The lowest BCUT2D eigenvalue weighted by Gasteiger charge is -2.09. The van der Waals surface area contributed by atoms with Crippen LogP contribution < -0.4 is 9.47 Å². The number of methoxy groups -OCH3 is 2. The molecule has 0 aliphatic carbocycles. The zero-order valence-corrected chi connectivity index (χ0v) is 14.4. The van der Waals surface area contributed by atoms with Gasteiger partial charge in [-0.1, -0.05) is 12.1 Å². The first-order valence-corrected chi connectivity index (χ1v) is 7.77. The van der Waals surface area contributed by atoms with Crippen LogP contribution in [0.15, 0.2) is 47.6 Å². The predicted molar refractivity (Wildman–Crippen MR) is 97.1 cm³/mol. The molecule has 3 aromatic rings. The number of aromatic nitrogens is 3. The molecule has 128 valence electrons. The Kier molecular flexibility index (Phi) is 4.80. The summed E-state index contributed by atoms with van der Waals surface area (Å²) in [6, 6.07) is 12.3. The predicted octanol–water partition coefficient (Wildman–Crippen LogP) is 3.21. The molecule has 0 unspecified atom stereocenters. The summed E-state index contributed by atoms with van der Waals surface area (Å²) in [6.45, 7) is 0. The van der Waals surface area contributed by atoms with Gasteiger partial charge in [0.15, 0.2) is 17.3 Å². The molecule has 1 heterocycles. The number of benzene rings is 2. The highest BCUT2D eigenvalue weighted by atomic mass is 32.1. The molecule has 0 bridgehead atoms. The number of nitrogens with one attached hydrogen (secondary N) is 1. The number of aromatic amines is 1. The number of phenols is 1. The number of para-hydroxylation sites is 1. The number of H-pyrrole nitrogens is 1. The van der Waals surface area contributed by atoms with Crippen LogP contribution in [0.2, 0.25) is 0 Å². The Morgan fingerprint density at radius 1 is 1.16 bits per heavy atom. The van der Waals surface area contributed by atoms with Gasteiger partial charge in [-0.25, -0.2) is 5.10 Å². The average molecular weight is 356 g/mol. The fourth-order valence-electron chi connectivity index (χ4n) is 2.28. The van der Waals surface area contributed by atoms with Crippen LogP contribution in [0.4, 0.5) is 0 Å². The molecule has 2 N–H and O–H groups in total. The van der Waals surface area contributed by atoms with Gasteiger partial charge < -0.3 is 14.6 Å². The third-order valence-electron chi connectivity index (χ3n) is 3.54. The quantitative estimate of drug-likeness (QED) is 0.542. The van der Waals surface area contributed by atoms with Crippen molar-refractivity contribution in [2.75, 3.05) is 14.2 Å². The Morgan fingerprint density at radius 2 is 1.92 bits per heavy atom. The van der Waals surface area contributed by atoms with Gasteiger partial charge in [0.25, 0.3) is 0 Å². The van der Waals surface area contributed by atoms with Crippen LogP contribution in [-0.2, 0) is 0 Å². The molecule has 0 aliphatic heterocycles. The van der Waals surface area contributed by atoms with Gasteiger partial charge in [-0.15, -0.1) is 0 Å². The Balaban J connectivity index is 2.03. The Bertz CT molecular complexity index is 978. The first kappa shape index (κ1) is 16.7. The standard InChI is InChI=1S/C17H16N4O3S/c1-23-14-8-7-11(9-15(14)24-2)16-19-20-17(25)21(16)18-10-12-5-3-4-6-13(12)22/h3-10,22H,1-2H3,(H,20,25)/b18-10+. The van der Waals surface area contributed by atoms with Crippen LogP contribution in [-0.4, -0.2) is 40.4 Å². The number of phenolic OH excluding ortho intramolecular Hbond substituents is 1. The molecule has 0 amide bonds. The molecule has 7 nitrogen and oxygen atoms in total. The second-order valence-electron chi connectivity index (χ2n) is 5.04. The highest BCUT2D eigenvalue weighted by molar-refractivity contribution is 7.71. The van der Waals surface area contributed by atoms with Crippen molar-refractivity contribution in [1.29, 1.82) is 0 Å². The molecular formula is C17H16N4O3S. The Hall–Kier alpha value is -3.13. The van der Waals surface area contributed by atoms with E-state index in [0.29, 0.717) is 27.7 Å². The number of ether oxygens (including phenoxy) is 2. The fourth-order valence-corrected chi connectivity index (χ4v) is 2.46. The third-order valence-corrected chi connectivity index (χ3v) is 3.81. The van der Waals surface area contributed by atoms with E-state index in [2.05, 4.69) is 15.3 Å². The molecular weight excluding hydrogens is 340 g/mol. The molecule has 0 saturated heterocycles. The Morgan fingerprint density at radius 3 is 2.64 bits per heavy atom. The zero-order chi connectivity index (χ0) is 17.8. The molecule has 0 saturated carbocycles. The van der Waals surface area contributed by atoms with Gasteiger partial charge >= 0.3 is 0 Å². The van der Waals surface area contributed by atoms with Gasteiger partial charge in [-0.2, -0.15) is 14.9 Å². The number of nitrogens with zero attached hydrogens (tertiary/aromatic N) is 3. The molecule has 0 fully saturated rings. The zero-order valence-electron chi connectivity index (χ0n) is 13.6. The van der Waals surface area contributed by atoms with E-state index >= 15 is 0 Å². The van der Waals surface area contributed by atoms with E-state index in [9.17, 15) is 5.11 Å². The fraction of sp³-hybridized carbons (Fsp3) is 0.118. The van der Waals surface area contributed by atoms with E-state index < -0.39 is 0 Å². The maximum atomic E-state index is 9.84. The van der Waals surface area contributed by atoms with Crippen LogP contribution in [0, 0.1) is 4.77 Å². The normalized spacial score (nSPS) is 11.0. The molecule has 0 radical (unpaired) electrons. The van der Waals surface area contributed by atoms with Crippen LogP contribution in [0.1, 0.15) is 5.56 Å². The van der Waals surface area contributed by atoms with E-state index in [0.717, 1.165) is 5.56 Å².